The first-order chi connectivity index (χ1) is 10.5. The molecule has 1 aliphatic rings. The zero-order valence-corrected chi connectivity index (χ0v) is 13.1. The van der Waals surface area contributed by atoms with Crippen LogP contribution in [0.1, 0.15) is 23.2 Å². The van der Waals surface area contributed by atoms with Gasteiger partial charge in [-0.05, 0) is 31.0 Å². The van der Waals surface area contributed by atoms with Crippen molar-refractivity contribution in [2.24, 2.45) is 0 Å². The Labute approximate surface area is 130 Å². The largest absolute Gasteiger partial charge is 0.379 e. The highest BCUT2D eigenvalue weighted by atomic mass is 32.2. The molecule has 1 aromatic carbocycles. The van der Waals surface area contributed by atoms with Crippen LogP contribution < -0.4 is 10.0 Å². The van der Waals surface area contributed by atoms with E-state index >= 15 is 0 Å². The zero-order valence-electron chi connectivity index (χ0n) is 12.2. The van der Waals surface area contributed by atoms with Gasteiger partial charge in [0.25, 0.3) is 5.91 Å². The zero-order chi connectivity index (χ0) is 16.0. The average Bonchev–Trinajstić information content (AvgIpc) is 2.54. The molecular formula is C15H20N2O4S. The van der Waals surface area contributed by atoms with Crippen molar-refractivity contribution in [3.05, 3.63) is 42.5 Å². The third-order valence-corrected chi connectivity index (χ3v) is 4.74. The molecule has 1 aromatic rings. The molecule has 1 heterocycles. The fourth-order valence-corrected chi connectivity index (χ4v) is 3.22. The van der Waals surface area contributed by atoms with Crippen LogP contribution in [0.3, 0.4) is 0 Å². The summed E-state index contributed by atoms with van der Waals surface area (Å²) in [7, 11) is -3.64. The van der Waals surface area contributed by atoms with Crippen LogP contribution in [0.25, 0.3) is 0 Å². The predicted octanol–water partition coefficient (Wildman–Crippen LogP) is 1.06. The van der Waals surface area contributed by atoms with Crippen molar-refractivity contribution >= 4 is 15.9 Å². The number of benzene rings is 1. The summed E-state index contributed by atoms with van der Waals surface area (Å²) >= 11 is 0. The third kappa shape index (κ3) is 4.40. The predicted molar refractivity (Wildman–Crippen MR) is 83.1 cm³/mol. The SMILES string of the molecule is C=CCNS(=O)(=O)c1cccc(C(=O)N[C@@H]2CCCOC2)c1. The van der Waals surface area contributed by atoms with Gasteiger partial charge in [0.15, 0.2) is 0 Å². The molecule has 0 aromatic heterocycles. The van der Waals surface area contributed by atoms with Gasteiger partial charge in [0.1, 0.15) is 0 Å². The first kappa shape index (κ1) is 16.7. The molecule has 0 unspecified atom stereocenters. The van der Waals surface area contributed by atoms with Crippen molar-refractivity contribution in [1.82, 2.24) is 10.0 Å². The van der Waals surface area contributed by atoms with Crippen LogP contribution in [-0.4, -0.2) is 40.1 Å². The number of amides is 1. The van der Waals surface area contributed by atoms with E-state index in [0.29, 0.717) is 12.2 Å². The maximum absolute atomic E-state index is 12.2. The van der Waals surface area contributed by atoms with E-state index < -0.39 is 10.0 Å². The van der Waals surface area contributed by atoms with Gasteiger partial charge in [0.05, 0.1) is 17.5 Å². The molecule has 0 radical (unpaired) electrons. The summed E-state index contributed by atoms with van der Waals surface area (Å²) in [4.78, 5) is 12.3. The Kier molecular flexibility index (Phi) is 5.70. The van der Waals surface area contributed by atoms with Gasteiger partial charge < -0.3 is 10.1 Å². The van der Waals surface area contributed by atoms with Crippen LogP contribution in [0, 0.1) is 0 Å². The van der Waals surface area contributed by atoms with E-state index in [4.69, 9.17) is 4.74 Å². The summed E-state index contributed by atoms with van der Waals surface area (Å²) in [6.07, 6.45) is 3.23. The number of carbonyl (C=O) groups excluding carboxylic acids is 1. The molecule has 6 nitrogen and oxygen atoms in total. The van der Waals surface area contributed by atoms with Crippen molar-refractivity contribution in [3.8, 4) is 0 Å². The molecule has 1 aliphatic heterocycles. The number of carbonyl (C=O) groups is 1. The van der Waals surface area contributed by atoms with Crippen LogP contribution in [0.2, 0.25) is 0 Å². The van der Waals surface area contributed by atoms with Crippen molar-refractivity contribution in [1.29, 1.82) is 0 Å². The molecule has 2 rings (SSSR count). The van der Waals surface area contributed by atoms with E-state index in [0.717, 1.165) is 19.4 Å². The van der Waals surface area contributed by atoms with E-state index in [1.807, 2.05) is 0 Å². The summed E-state index contributed by atoms with van der Waals surface area (Å²) < 4.78 is 31.8. The second-order valence-electron chi connectivity index (χ2n) is 5.06. The fraction of sp³-hybridized carbons (Fsp3) is 0.400. The van der Waals surface area contributed by atoms with Gasteiger partial charge in [-0.2, -0.15) is 0 Å². The summed E-state index contributed by atoms with van der Waals surface area (Å²) in [6, 6.07) is 5.93. The quantitative estimate of drug-likeness (QED) is 0.766. The standard InChI is InChI=1S/C15H20N2O4S/c1-2-8-16-22(19,20)14-7-3-5-12(10-14)15(18)17-13-6-4-9-21-11-13/h2-3,5,7,10,13,16H,1,4,6,8-9,11H2,(H,17,18)/t13-/m1/s1. The molecule has 120 valence electrons. The minimum atomic E-state index is -3.64. The second kappa shape index (κ2) is 7.53. The summed E-state index contributed by atoms with van der Waals surface area (Å²) in [5, 5.41) is 2.86. The van der Waals surface area contributed by atoms with E-state index in [1.165, 1.54) is 18.2 Å². The van der Waals surface area contributed by atoms with Gasteiger partial charge in [-0.1, -0.05) is 12.1 Å². The number of rotatable bonds is 6. The van der Waals surface area contributed by atoms with Gasteiger partial charge in [0.2, 0.25) is 10.0 Å². The van der Waals surface area contributed by atoms with Crippen LogP contribution in [0.15, 0.2) is 41.8 Å². The summed E-state index contributed by atoms with van der Waals surface area (Å²) in [5.41, 5.74) is 0.312. The number of nitrogens with one attached hydrogen (secondary N) is 2. The Morgan fingerprint density at radius 3 is 2.95 bits per heavy atom. The fourth-order valence-electron chi connectivity index (χ4n) is 2.18. The first-order valence-electron chi connectivity index (χ1n) is 7.12. The molecule has 1 atom stereocenters. The molecule has 0 bridgehead atoms. The lowest BCUT2D eigenvalue weighted by molar-refractivity contribution is 0.0624. The summed E-state index contributed by atoms with van der Waals surface area (Å²) in [6.45, 7) is 4.81. The molecule has 0 saturated carbocycles. The topological polar surface area (TPSA) is 84.5 Å². The molecule has 7 heteroatoms. The number of hydrogen-bond acceptors (Lipinski definition) is 4. The van der Waals surface area contributed by atoms with Crippen molar-refractivity contribution in [2.75, 3.05) is 19.8 Å². The normalized spacial score (nSPS) is 18.6. The average molecular weight is 324 g/mol. The van der Waals surface area contributed by atoms with E-state index in [1.54, 1.807) is 12.1 Å². The Morgan fingerprint density at radius 2 is 2.27 bits per heavy atom. The highest BCUT2D eigenvalue weighted by molar-refractivity contribution is 7.89. The highest BCUT2D eigenvalue weighted by Gasteiger charge is 2.19. The molecule has 2 N–H and O–H groups in total. The second-order valence-corrected chi connectivity index (χ2v) is 6.82. The number of ether oxygens (including phenoxy) is 1. The van der Waals surface area contributed by atoms with Crippen molar-refractivity contribution in [2.45, 2.75) is 23.8 Å². The number of hydrogen-bond donors (Lipinski definition) is 2. The van der Waals surface area contributed by atoms with Gasteiger partial charge in [-0.25, -0.2) is 13.1 Å². The van der Waals surface area contributed by atoms with Gasteiger partial charge in [-0.3, -0.25) is 4.79 Å². The Hall–Kier alpha value is -1.70. The lowest BCUT2D eigenvalue weighted by Crippen LogP contribution is -2.40. The van der Waals surface area contributed by atoms with Gasteiger partial charge >= 0.3 is 0 Å². The van der Waals surface area contributed by atoms with Crippen molar-refractivity contribution in [3.63, 3.8) is 0 Å². The van der Waals surface area contributed by atoms with Gasteiger partial charge in [0, 0.05) is 18.7 Å². The Balaban J connectivity index is 2.10. The van der Waals surface area contributed by atoms with E-state index in [-0.39, 0.29) is 23.4 Å². The van der Waals surface area contributed by atoms with Crippen LogP contribution in [0.5, 0.6) is 0 Å². The Morgan fingerprint density at radius 1 is 1.45 bits per heavy atom. The highest BCUT2D eigenvalue weighted by Crippen LogP contribution is 2.13. The molecule has 22 heavy (non-hydrogen) atoms. The smallest absolute Gasteiger partial charge is 0.251 e. The van der Waals surface area contributed by atoms with Crippen LogP contribution in [0.4, 0.5) is 0 Å². The first-order valence-corrected chi connectivity index (χ1v) is 8.60. The monoisotopic (exact) mass is 324 g/mol. The third-order valence-electron chi connectivity index (χ3n) is 3.32. The lowest BCUT2D eigenvalue weighted by Gasteiger charge is -2.23. The molecule has 0 aliphatic carbocycles. The minimum absolute atomic E-state index is 0.0274. The van der Waals surface area contributed by atoms with E-state index in [2.05, 4.69) is 16.6 Å². The van der Waals surface area contributed by atoms with Crippen LogP contribution in [-0.2, 0) is 14.8 Å². The summed E-state index contributed by atoms with van der Waals surface area (Å²) in [5.74, 6) is -0.295. The Bertz CT molecular complexity index is 637. The van der Waals surface area contributed by atoms with Gasteiger partial charge in [-0.15, -0.1) is 6.58 Å². The van der Waals surface area contributed by atoms with Crippen molar-refractivity contribution < 1.29 is 17.9 Å². The molecular weight excluding hydrogens is 304 g/mol. The van der Waals surface area contributed by atoms with Crippen LogP contribution >= 0.6 is 0 Å². The van der Waals surface area contributed by atoms with E-state index in [9.17, 15) is 13.2 Å². The molecule has 0 spiro atoms. The maximum Gasteiger partial charge on any atom is 0.251 e. The minimum Gasteiger partial charge on any atom is -0.379 e. The maximum atomic E-state index is 12.2. The molecule has 1 saturated heterocycles. The molecule has 1 amide bonds. The number of sulfonamides is 1. The molecule has 1 fully saturated rings. The lowest BCUT2D eigenvalue weighted by atomic mass is 10.1.